The predicted octanol–water partition coefficient (Wildman–Crippen LogP) is 4.32. The Morgan fingerprint density at radius 2 is 1.94 bits per heavy atom. The standard InChI is InChI=1S/C29H38N2O5/c1-3-17-36-29-25-19-31(23-11-7-8-12-23)28(33)15-16-30(26(25)13-14-27(29)34-2)18-24(32)21-35-20-22-9-5-4-6-10-22/h3-6,9-10,13-14,23-24,32H,1,7-8,11-12,15-21H2,2H3/t24-/m1/s1. The van der Waals surface area contributed by atoms with Crippen LogP contribution >= 0.6 is 0 Å². The number of amides is 1. The number of hydrogen-bond donors (Lipinski definition) is 1. The lowest BCUT2D eigenvalue weighted by atomic mass is 10.0. The Morgan fingerprint density at radius 3 is 2.67 bits per heavy atom. The first kappa shape index (κ1) is 26.0. The molecule has 1 fully saturated rings. The van der Waals surface area contributed by atoms with Gasteiger partial charge in [-0.05, 0) is 30.5 Å². The largest absolute Gasteiger partial charge is 0.493 e. The highest BCUT2D eigenvalue weighted by Gasteiger charge is 2.32. The molecule has 0 saturated heterocycles. The normalized spacial score (nSPS) is 17.3. The zero-order chi connectivity index (χ0) is 25.3. The Kier molecular flexibility index (Phi) is 9.25. The van der Waals surface area contributed by atoms with E-state index in [0.717, 1.165) is 42.5 Å². The molecule has 1 N–H and O–H groups in total. The molecule has 2 aromatic rings. The average molecular weight is 495 g/mol. The highest BCUT2D eigenvalue weighted by molar-refractivity contribution is 5.79. The maximum atomic E-state index is 13.3. The third-order valence-corrected chi connectivity index (χ3v) is 6.97. The second-order valence-corrected chi connectivity index (χ2v) is 9.50. The van der Waals surface area contributed by atoms with Gasteiger partial charge in [-0.25, -0.2) is 0 Å². The molecule has 1 heterocycles. The van der Waals surface area contributed by atoms with Crippen LogP contribution in [0.3, 0.4) is 0 Å². The van der Waals surface area contributed by atoms with Gasteiger partial charge in [0, 0.05) is 36.8 Å². The van der Waals surface area contributed by atoms with Crippen molar-refractivity contribution in [2.45, 2.75) is 57.4 Å². The first-order valence-electron chi connectivity index (χ1n) is 12.9. The van der Waals surface area contributed by atoms with Crippen LogP contribution in [0, 0.1) is 0 Å². The van der Waals surface area contributed by atoms with Gasteiger partial charge in [0.2, 0.25) is 5.91 Å². The van der Waals surface area contributed by atoms with Gasteiger partial charge < -0.3 is 29.1 Å². The van der Waals surface area contributed by atoms with Crippen LogP contribution in [0.15, 0.2) is 55.1 Å². The molecule has 0 aromatic heterocycles. The van der Waals surface area contributed by atoms with Crippen molar-refractivity contribution in [2.75, 3.05) is 38.3 Å². The van der Waals surface area contributed by atoms with E-state index in [4.69, 9.17) is 14.2 Å². The van der Waals surface area contributed by atoms with Gasteiger partial charge in [-0.2, -0.15) is 0 Å². The van der Waals surface area contributed by atoms with E-state index in [-0.39, 0.29) is 18.6 Å². The molecule has 36 heavy (non-hydrogen) atoms. The van der Waals surface area contributed by atoms with Crippen molar-refractivity contribution in [2.24, 2.45) is 0 Å². The number of benzene rings is 2. The molecule has 1 atom stereocenters. The van der Waals surface area contributed by atoms with Crippen LogP contribution in [0.4, 0.5) is 5.69 Å². The Balaban J connectivity index is 1.57. The van der Waals surface area contributed by atoms with Crippen molar-refractivity contribution in [3.05, 3.63) is 66.2 Å². The number of β-amino-alcohol motifs (C(OH)–C–C–N with tert-alkyl or cyclic N) is 1. The summed E-state index contributed by atoms with van der Waals surface area (Å²) < 4.78 is 17.5. The number of carbonyl (C=O) groups is 1. The average Bonchev–Trinajstić information content (AvgIpc) is 3.42. The first-order chi connectivity index (χ1) is 17.6. The summed E-state index contributed by atoms with van der Waals surface area (Å²) in [6, 6.07) is 14.1. The van der Waals surface area contributed by atoms with Crippen LogP contribution in [0.25, 0.3) is 0 Å². The van der Waals surface area contributed by atoms with Gasteiger partial charge in [-0.15, -0.1) is 0 Å². The monoisotopic (exact) mass is 494 g/mol. The molecule has 0 unspecified atom stereocenters. The van der Waals surface area contributed by atoms with E-state index in [1.54, 1.807) is 13.2 Å². The van der Waals surface area contributed by atoms with Crippen LogP contribution < -0.4 is 14.4 Å². The number of nitrogens with zero attached hydrogens (tertiary/aromatic N) is 2. The third-order valence-electron chi connectivity index (χ3n) is 6.97. The molecule has 7 nitrogen and oxygen atoms in total. The van der Waals surface area contributed by atoms with E-state index in [9.17, 15) is 9.90 Å². The molecule has 1 aliphatic heterocycles. The van der Waals surface area contributed by atoms with Gasteiger partial charge in [-0.3, -0.25) is 4.79 Å². The van der Waals surface area contributed by atoms with Gasteiger partial charge in [-0.1, -0.05) is 55.8 Å². The summed E-state index contributed by atoms with van der Waals surface area (Å²) in [5, 5.41) is 10.8. The smallest absolute Gasteiger partial charge is 0.224 e. The van der Waals surface area contributed by atoms with Crippen molar-refractivity contribution in [3.63, 3.8) is 0 Å². The number of methoxy groups -OCH3 is 1. The maximum absolute atomic E-state index is 13.3. The highest BCUT2D eigenvalue weighted by atomic mass is 16.5. The number of aliphatic hydroxyl groups is 1. The number of fused-ring (bicyclic) bond motifs is 1. The summed E-state index contributed by atoms with van der Waals surface area (Å²) >= 11 is 0. The molecule has 1 aliphatic carbocycles. The Hall–Kier alpha value is -3.03. The van der Waals surface area contributed by atoms with Crippen molar-refractivity contribution in [3.8, 4) is 11.5 Å². The summed E-state index contributed by atoms with van der Waals surface area (Å²) in [6.45, 7) is 6.09. The molecule has 2 aliphatic rings. The molecule has 1 saturated carbocycles. The fourth-order valence-corrected chi connectivity index (χ4v) is 5.19. The zero-order valence-corrected chi connectivity index (χ0v) is 21.2. The minimum Gasteiger partial charge on any atom is -0.493 e. The van der Waals surface area contributed by atoms with Crippen LogP contribution in [0.1, 0.15) is 43.2 Å². The molecule has 194 valence electrons. The second kappa shape index (κ2) is 12.8. The molecule has 0 radical (unpaired) electrons. The molecule has 7 heteroatoms. The number of rotatable bonds is 11. The fraction of sp³-hybridized carbons (Fsp3) is 0.483. The summed E-state index contributed by atoms with van der Waals surface area (Å²) in [4.78, 5) is 17.4. The number of aliphatic hydroxyl groups excluding tert-OH is 1. The van der Waals surface area contributed by atoms with Crippen LogP contribution in [-0.4, -0.2) is 61.5 Å². The minimum atomic E-state index is -0.707. The zero-order valence-electron chi connectivity index (χ0n) is 21.2. The van der Waals surface area contributed by atoms with Gasteiger partial charge in [0.05, 0.1) is 33.0 Å². The molecule has 2 aromatic carbocycles. The lowest BCUT2D eigenvalue weighted by molar-refractivity contribution is -0.134. The topological polar surface area (TPSA) is 71.5 Å². The molecular weight excluding hydrogens is 456 g/mol. The van der Waals surface area contributed by atoms with Crippen LogP contribution in [0.2, 0.25) is 0 Å². The minimum absolute atomic E-state index is 0.143. The summed E-state index contributed by atoms with van der Waals surface area (Å²) in [6.07, 6.45) is 5.78. The van der Waals surface area contributed by atoms with Gasteiger partial charge in [0.15, 0.2) is 11.5 Å². The van der Waals surface area contributed by atoms with Crippen molar-refractivity contribution >= 4 is 11.6 Å². The van der Waals surface area contributed by atoms with Gasteiger partial charge in [0.1, 0.15) is 6.61 Å². The van der Waals surface area contributed by atoms with Gasteiger partial charge in [0.25, 0.3) is 0 Å². The number of carbonyl (C=O) groups excluding carboxylic acids is 1. The Morgan fingerprint density at radius 1 is 1.17 bits per heavy atom. The lowest BCUT2D eigenvalue weighted by Crippen LogP contribution is -2.44. The molecule has 4 rings (SSSR count). The molecule has 1 amide bonds. The van der Waals surface area contributed by atoms with E-state index >= 15 is 0 Å². The first-order valence-corrected chi connectivity index (χ1v) is 12.9. The van der Waals surface area contributed by atoms with E-state index in [2.05, 4.69) is 11.5 Å². The Labute approximate surface area is 214 Å². The van der Waals surface area contributed by atoms with E-state index in [1.165, 1.54) is 0 Å². The second-order valence-electron chi connectivity index (χ2n) is 9.50. The Bertz CT molecular complexity index is 1010. The van der Waals surface area contributed by atoms with E-state index < -0.39 is 6.10 Å². The summed E-state index contributed by atoms with van der Waals surface area (Å²) in [7, 11) is 1.62. The van der Waals surface area contributed by atoms with Gasteiger partial charge >= 0.3 is 0 Å². The highest BCUT2D eigenvalue weighted by Crippen LogP contribution is 2.41. The summed E-state index contributed by atoms with van der Waals surface area (Å²) in [5.41, 5.74) is 2.93. The molecule has 0 spiro atoms. The van der Waals surface area contributed by atoms with Crippen LogP contribution in [-0.2, 0) is 22.7 Å². The number of anilines is 1. The van der Waals surface area contributed by atoms with Crippen LogP contribution in [0.5, 0.6) is 11.5 Å². The maximum Gasteiger partial charge on any atom is 0.224 e. The van der Waals surface area contributed by atoms with Crippen molar-refractivity contribution in [1.82, 2.24) is 4.90 Å². The fourth-order valence-electron chi connectivity index (χ4n) is 5.19. The van der Waals surface area contributed by atoms with E-state index in [0.29, 0.717) is 50.8 Å². The predicted molar refractivity (Wildman–Crippen MR) is 140 cm³/mol. The van der Waals surface area contributed by atoms with Crippen molar-refractivity contribution in [1.29, 1.82) is 0 Å². The molecular formula is C29H38N2O5. The SMILES string of the molecule is C=CCOc1c(OC)ccc2c1CN(C1CCCC1)C(=O)CCN2C[C@@H](O)COCc1ccccc1. The number of ether oxygens (including phenoxy) is 3. The summed E-state index contributed by atoms with van der Waals surface area (Å²) in [5.74, 6) is 1.40. The van der Waals surface area contributed by atoms with E-state index in [1.807, 2.05) is 47.4 Å². The quantitative estimate of drug-likeness (QED) is 0.469. The number of hydrogen-bond acceptors (Lipinski definition) is 6. The third kappa shape index (κ3) is 6.39. The van der Waals surface area contributed by atoms with Crippen molar-refractivity contribution < 1.29 is 24.1 Å². The molecule has 0 bridgehead atoms. The lowest BCUT2D eigenvalue weighted by Gasteiger charge is -2.37.